The molecule has 5 aromatic carbocycles. The predicted octanol–water partition coefficient (Wildman–Crippen LogP) is 6.87. The first-order chi connectivity index (χ1) is 18.1. The van der Waals surface area contributed by atoms with Gasteiger partial charge in [0.25, 0.3) is 0 Å². The second-order valence-electron chi connectivity index (χ2n) is 9.56. The lowest BCUT2D eigenvalue weighted by Crippen LogP contribution is -2.25. The molecule has 0 amide bonds. The minimum atomic E-state index is -0.167. The van der Waals surface area contributed by atoms with E-state index < -0.39 is 0 Å². The molecule has 0 radical (unpaired) electrons. The lowest BCUT2D eigenvalue weighted by molar-refractivity contribution is 0.613. The number of rotatable bonds is 3. The van der Waals surface area contributed by atoms with Gasteiger partial charge in [0.15, 0.2) is 11.5 Å². The molecule has 0 saturated heterocycles. The molecule has 0 spiro atoms. The van der Waals surface area contributed by atoms with Crippen LogP contribution in [0.2, 0.25) is 0 Å². The molecular formula is C32H24N4O. The van der Waals surface area contributed by atoms with Gasteiger partial charge in [0.05, 0.1) is 12.2 Å². The van der Waals surface area contributed by atoms with Crippen LogP contribution in [0.4, 0.5) is 0 Å². The number of hydrogen-bond acceptors (Lipinski definition) is 3. The summed E-state index contributed by atoms with van der Waals surface area (Å²) in [5.41, 5.74) is 3.26. The quantitative estimate of drug-likeness (QED) is 0.260. The van der Waals surface area contributed by atoms with Crippen LogP contribution in [-0.2, 0) is 7.05 Å². The van der Waals surface area contributed by atoms with E-state index in [-0.39, 0.29) is 11.7 Å². The Bertz CT molecular complexity index is 2040. The summed E-state index contributed by atoms with van der Waals surface area (Å²) in [6, 6.07) is 33.3. The fourth-order valence-corrected chi connectivity index (χ4v) is 5.56. The van der Waals surface area contributed by atoms with Crippen LogP contribution in [0.5, 0.6) is 0 Å². The Morgan fingerprint density at radius 2 is 1.43 bits per heavy atom. The zero-order chi connectivity index (χ0) is 25.1. The Morgan fingerprint density at radius 1 is 0.757 bits per heavy atom. The molecule has 7 rings (SSSR count). The monoisotopic (exact) mass is 480 g/mol. The van der Waals surface area contributed by atoms with Crippen molar-refractivity contribution in [1.82, 2.24) is 19.1 Å². The third kappa shape index (κ3) is 3.21. The molecule has 0 saturated carbocycles. The van der Waals surface area contributed by atoms with Gasteiger partial charge in [-0.2, -0.15) is 0 Å². The van der Waals surface area contributed by atoms with E-state index in [4.69, 9.17) is 9.97 Å². The Balaban J connectivity index is 1.52. The number of aromatic nitrogens is 4. The summed E-state index contributed by atoms with van der Waals surface area (Å²) >= 11 is 0. The first-order valence-corrected chi connectivity index (χ1v) is 12.4. The van der Waals surface area contributed by atoms with Crippen LogP contribution in [0.25, 0.3) is 54.9 Å². The number of hydrogen-bond donors (Lipinski definition) is 0. The summed E-state index contributed by atoms with van der Waals surface area (Å²) < 4.78 is 3.40. The van der Waals surface area contributed by atoms with Crippen LogP contribution in [0.1, 0.15) is 18.5 Å². The Hall–Kier alpha value is -4.77. The Morgan fingerprint density at radius 3 is 2.24 bits per heavy atom. The fourth-order valence-electron chi connectivity index (χ4n) is 5.56. The highest BCUT2D eigenvalue weighted by Gasteiger charge is 2.21. The summed E-state index contributed by atoms with van der Waals surface area (Å²) in [5, 5.41) is 7.07. The highest BCUT2D eigenvalue weighted by Crippen LogP contribution is 2.37. The molecule has 2 aromatic heterocycles. The molecule has 0 aliphatic rings. The molecule has 0 aliphatic carbocycles. The molecule has 0 bridgehead atoms. The van der Waals surface area contributed by atoms with Crippen molar-refractivity contribution in [2.75, 3.05) is 0 Å². The first kappa shape index (κ1) is 21.5. The van der Waals surface area contributed by atoms with Crippen molar-refractivity contribution in [3.05, 3.63) is 119 Å². The summed E-state index contributed by atoms with van der Waals surface area (Å²) in [6.07, 6.45) is 1.77. The standard InChI is InChI=1S/C32H24N4O/c1-20(21-10-4-3-5-11-21)36-31-28(35(2)32(36)37)19-33-30(34-31)27-18-23-17-16-22-12-6-7-13-24(22)29(23)26-15-9-8-14-25(26)27/h3-20H,1-2H3/t20-/m1/s1. The van der Waals surface area contributed by atoms with Gasteiger partial charge in [0, 0.05) is 12.6 Å². The molecule has 1 atom stereocenters. The predicted molar refractivity (Wildman–Crippen MR) is 151 cm³/mol. The highest BCUT2D eigenvalue weighted by molar-refractivity contribution is 6.23. The lowest BCUT2D eigenvalue weighted by Gasteiger charge is -2.14. The third-order valence-electron chi connectivity index (χ3n) is 7.49. The molecule has 5 heteroatoms. The second-order valence-corrected chi connectivity index (χ2v) is 9.56. The second kappa shape index (κ2) is 8.14. The highest BCUT2D eigenvalue weighted by atomic mass is 16.1. The molecule has 0 unspecified atom stereocenters. The van der Waals surface area contributed by atoms with E-state index in [1.54, 1.807) is 22.4 Å². The largest absolute Gasteiger partial charge is 0.330 e. The maximum Gasteiger partial charge on any atom is 0.330 e. The van der Waals surface area contributed by atoms with Gasteiger partial charge in [-0.25, -0.2) is 14.8 Å². The van der Waals surface area contributed by atoms with Crippen molar-refractivity contribution in [1.29, 1.82) is 0 Å². The van der Waals surface area contributed by atoms with E-state index in [2.05, 4.69) is 66.7 Å². The molecule has 2 heterocycles. The van der Waals surface area contributed by atoms with E-state index in [1.165, 1.54) is 21.5 Å². The maximum absolute atomic E-state index is 13.3. The van der Waals surface area contributed by atoms with Crippen LogP contribution in [0.3, 0.4) is 0 Å². The molecule has 0 aliphatic heterocycles. The lowest BCUT2D eigenvalue weighted by atomic mass is 9.93. The number of imidazole rings is 1. The molecule has 0 fully saturated rings. The minimum Gasteiger partial charge on any atom is -0.292 e. The summed E-state index contributed by atoms with van der Waals surface area (Å²) in [4.78, 5) is 23.1. The number of nitrogens with zero attached hydrogens (tertiary/aromatic N) is 4. The average Bonchev–Trinajstić information content (AvgIpc) is 3.21. The average molecular weight is 481 g/mol. The van der Waals surface area contributed by atoms with Gasteiger partial charge >= 0.3 is 5.69 Å². The van der Waals surface area contributed by atoms with E-state index in [0.29, 0.717) is 17.0 Å². The van der Waals surface area contributed by atoms with Gasteiger partial charge in [0.2, 0.25) is 0 Å². The van der Waals surface area contributed by atoms with Gasteiger partial charge in [-0.15, -0.1) is 0 Å². The van der Waals surface area contributed by atoms with Crippen molar-refractivity contribution in [2.45, 2.75) is 13.0 Å². The van der Waals surface area contributed by atoms with E-state index in [0.717, 1.165) is 21.9 Å². The van der Waals surface area contributed by atoms with Crippen molar-refractivity contribution in [2.24, 2.45) is 7.05 Å². The van der Waals surface area contributed by atoms with Crippen molar-refractivity contribution >= 4 is 43.5 Å². The molecule has 7 aromatic rings. The smallest absolute Gasteiger partial charge is 0.292 e. The van der Waals surface area contributed by atoms with Gasteiger partial charge in [-0.05, 0) is 50.9 Å². The fraction of sp³-hybridized carbons (Fsp3) is 0.0938. The minimum absolute atomic E-state index is 0.104. The van der Waals surface area contributed by atoms with Gasteiger partial charge in [-0.1, -0.05) is 91.0 Å². The SMILES string of the molecule is C[C@H](c1ccccc1)n1c(=O)n(C)c2cnc(-c3cc4ccc5ccccc5c4c4ccccc34)nc21. The van der Waals surface area contributed by atoms with Crippen LogP contribution in [0, 0.1) is 0 Å². The molecule has 5 nitrogen and oxygen atoms in total. The Kier molecular flexibility index (Phi) is 4.73. The molecule has 0 N–H and O–H groups in total. The molecule has 37 heavy (non-hydrogen) atoms. The van der Waals surface area contributed by atoms with Gasteiger partial charge in [-0.3, -0.25) is 9.13 Å². The normalized spacial score (nSPS) is 12.6. The Labute approximate surface area is 213 Å². The van der Waals surface area contributed by atoms with Crippen LogP contribution < -0.4 is 5.69 Å². The zero-order valence-corrected chi connectivity index (χ0v) is 20.6. The summed E-state index contributed by atoms with van der Waals surface area (Å²) in [6.45, 7) is 2.04. The van der Waals surface area contributed by atoms with Crippen molar-refractivity contribution in [3.63, 3.8) is 0 Å². The zero-order valence-electron chi connectivity index (χ0n) is 20.6. The first-order valence-electron chi connectivity index (χ1n) is 12.4. The van der Waals surface area contributed by atoms with E-state index >= 15 is 0 Å². The topological polar surface area (TPSA) is 52.7 Å². The maximum atomic E-state index is 13.3. The van der Waals surface area contributed by atoms with Crippen molar-refractivity contribution in [3.8, 4) is 11.4 Å². The molecular weight excluding hydrogens is 456 g/mol. The summed E-state index contributed by atoms with van der Waals surface area (Å²) in [5.74, 6) is 0.610. The van der Waals surface area contributed by atoms with Crippen molar-refractivity contribution < 1.29 is 0 Å². The van der Waals surface area contributed by atoms with Crippen LogP contribution in [-0.4, -0.2) is 19.1 Å². The summed E-state index contributed by atoms with van der Waals surface area (Å²) in [7, 11) is 1.78. The van der Waals surface area contributed by atoms with Crippen LogP contribution in [0.15, 0.2) is 108 Å². The van der Waals surface area contributed by atoms with E-state index in [1.807, 2.05) is 37.3 Å². The van der Waals surface area contributed by atoms with Gasteiger partial charge < -0.3 is 0 Å². The number of aryl methyl sites for hydroxylation is 1. The number of fused-ring (bicyclic) bond motifs is 6. The van der Waals surface area contributed by atoms with Crippen LogP contribution >= 0.6 is 0 Å². The van der Waals surface area contributed by atoms with Gasteiger partial charge in [0.1, 0.15) is 5.52 Å². The number of benzene rings is 5. The van der Waals surface area contributed by atoms with E-state index in [9.17, 15) is 4.79 Å². The third-order valence-corrected chi connectivity index (χ3v) is 7.49. The molecule has 178 valence electrons.